The van der Waals surface area contributed by atoms with Crippen molar-refractivity contribution in [1.29, 1.82) is 0 Å². The molecule has 1 aliphatic rings. The Morgan fingerprint density at radius 3 is 2.29 bits per heavy atom. The van der Waals surface area contributed by atoms with Crippen LogP contribution in [0, 0.1) is 0 Å². The van der Waals surface area contributed by atoms with Gasteiger partial charge in [-0.3, -0.25) is 0 Å². The molecule has 3 rings (SSSR count). The van der Waals surface area contributed by atoms with Crippen LogP contribution in [0.1, 0.15) is 49.2 Å². The van der Waals surface area contributed by atoms with E-state index in [4.69, 9.17) is 24.5 Å². The highest BCUT2D eigenvalue weighted by Gasteiger charge is 2.52. The van der Waals surface area contributed by atoms with E-state index >= 15 is 0 Å². The second kappa shape index (κ2) is 10.3. The first-order valence-corrected chi connectivity index (χ1v) is 11.0. The molecule has 8 nitrogen and oxygen atoms in total. The molecule has 0 aliphatic carbocycles. The number of esters is 1. The Bertz CT molecular complexity index is 1050. The van der Waals surface area contributed by atoms with E-state index in [0.717, 1.165) is 5.56 Å². The van der Waals surface area contributed by atoms with E-state index < -0.39 is 30.4 Å². The summed E-state index contributed by atoms with van der Waals surface area (Å²) >= 11 is 0. The Balaban J connectivity index is 1.79. The Kier molecular flexibility index (Phi) is 7.69. The molecule has 9 heteroatoms. The van der Waals surface area contributed by atoms with Crippen molar-refractivity contribution in [3.63, 3.8) is 0 Å². The summed E-state index contributed by atoms with van der Waals surface area (Å²) in [6.45, 7) is 8.07. The van der Waals surface area contributed by atoms with Crippen LogP contribution in [0.2, 0.25) is 0 Å². The van der Waals surface area contributed by atoms with Gasteiger partial charge in [0.15, 0.2) is 0 Å². The highest BCUT2D eigenvalue weighted by molar-refractivity contribution is 6.56. The molecule has 1 aliphatic heterocycles. The quantitative estimate of drug-likeness (QED) is 0.361. The molecule has 0 aromatic heterocycles. The van der Waals surface area contributed by atoms with Gasteiger partial charge >= 0.3 is 19.2 Å². The molecule has 0 radical (unpaired) electrons. The lowest BCUT2D eigenvalue weighted by atomic mass is 9.76. The largest absolute Gasteiger partial charge is 0.492 e. The van der Waals surface area contributed by atoms with Crippen molar-refractivity contribution in [2.45, 2.75) is 45.5 Å². The standard InChI is InChI=1S/C25H31BN2O6/c1-24(2)25(3,4)34-26(33-24)20(13-18-11-12-19(14-21(18)27)22(29)31-5)15-28-23(30)32-16-17-9-7-6-8-10-17/h6-14H,15-16,27H2,1-5H3,(H,28,30). The van der Waals surface area contributed by atoms with Gasteiger partial charge in [0.2, 0.25) is 0 Å². The molecule has 1 saturated heterocycles. The fourth-order valence-electron chi connectivity index (χ4n) is 3.30. The number of nitrogens with one attached hydrogen (secondary N) is 1. The summed E-state index contributed by atoms with van der Waals surface area (Å²) in [4.78, 5) is 24.1. The summed E-state index contributed by atoms with van der Waals surface area (Å²) in [7, 11) is 0.602. The summed E-state index contributed by atoms with van der Waals surface area (Å²) < 4.78 is 22.4. The van der Waals surface area contributed by atoms with E-state index in [9.17, 15) is 9.59 Å². The second-order valence-corrected chi connectivity index (χ2v) is 9.06. The van der Waals surface area contributed by atoms with Crippen LogP contribution < -0.4 is 11.1 Å². The van der Waals surface area contributed by atoms with Gasteiger partial charge in [-0.15, -0.1) is 0 Å². The molecular formula is C25H31BN2O6. The van der Waals surface area contributed by atoms with Crippen LogP contribution in [0.25, 0.3) is 6.08 Å². The number of nitrogen functional groups attached to an aromatic ring is 1. The number of benzene rings is 2. The van der Waals surface area contributed by atoms with Gasteiger partial charge < -0.3 is 29.8 Å². The number of hydrogen-bond acceptors (Lipinski definition) is 7. The maximum Gasteiger partial charge on any atom is 0.492 e. The molecule has 180 valence electrons. The Morgan fingerprint density at radius 1 is 1.06 bits per heavy atom. The zero-order valence-electron chi connectivity index (χ0n) is 20.2. The minimum Gasteiger partial charge on any atom is -0.465 e. The molecule has 1 amide bonds. The average molecular weight is 466 g/mol. The van der Waals surface area contributed by atoms with E-state index in [1.54, 1.807) is 24.3 Å². The summed E-state index contributed by atoms with van der Waals surface area (Å²) in [5.41, 5.74) is 7.97. The third-order valence-electron chi connectivity index (χ3n) is 6.05. The number of carbonyl (C=O) groups is 2. The first kappa shape index (κ1) is 25.3. The smallest absolute Gasteiger partial charge is 0.465 e. The number of ether oxygens (including phenoxy) is 2. The van der Waals surface area contributed by atoms with Gasteiger partial charge in [0.25, 0.3) is 0 Å². The van der Waals surface area contributed by atoms with Crippen molar-refractivity contribution < 1.29 is 28.4 Å². The van der Waals surface area contributed by atoms with E-state index in [-0.39, 0.29) is 13.2 Å². The van der Waals surface area contributed by atoms with Crippen molar-refractivity contribution >= 4 is 30.9 Å². The molecule has 0 atom stereocenters. The highest BCUT2D eigenvalue weighted by Crippen LogP contribution is 2.39. The molecule has 1 fully saturated rings. The predicted molar refractivity (Wildman–Crippen MR) is 131 cm³/mol. The second-order valence-electron chi connectivity index (χ2n) is 9.06. The van der Waals surface area contributed by atoms with Crippen molar-refractivity contribution in [2.24, 2.45) is 0 Å². The van der Waals surface area contributed by atoms with Gasteiger partial charge in [-0.1, -0.05) is 42.5 Å². The van der Waals surface area contributed by atoms with Gasteiger partial charge in [-0.2, -0.15) is 0 Å². The van der Waals surface area contributed by atoms with E-state index in [0.29, 0.717) is 22.3 Å². The van der Waals surface area contributed by atoms with E-state index in [1.165, 1.54) is 7.11 Å². The lowest BCUT2D eigenvalue weighted by Gasteiger charge is -2.32. The third-order valence-corrected chi connectivity index (χ3v) is 6.05. The van der Waals surface area contributed by atoms with Gasteiger partial charge in [-0.05, 0) is 56.4 Å². The van der Waals surface area contributed by atoms with Crippen LogP contribution in [0.3, 0.4) is 0 Å². The number of nitrogens with two attached hydrogens (primary N) is 1. The van der Waals surface area contributed by atoms with E-state index in [1.807, 2.05) is 58.0 Å². The molecule has 3 N–H and O–H groups in total. The van der Waals surface area contributed by atoms with Crippen LogP contribution in [-0.2, 0) is 25.4 Å². The molecule has 34 heavy (non-hydrogen) atoms. The van der Waals surface area contributed by atoms with Crippen molar-refractivity contribution in [3.05, 3.63) is 70.7 Å². The first-order valence-electron chi connectivity index (χ1n) is 11.0. The lowest BCUT2D eigenvalue weighted by molar-refractivity contribution is 0.00578. The lowest BCUT2D eigenvalue weighted by Crippen LogP contribution is -2.41. The average Bonchev–Trinajstić information content (AvgIpc) is 3.02. The monoisotopic (exact) mass is 466 g/mol. The topological polar surface area (TPSA) is 109 Å². The zero-order valence-corrected chi connectivity index (χ0v) is 20.2. The van der Waals surface area contributed by atoms with Crippen LogP contribution >= 0.6 is 0 Å². The molecule has 0 saturated carbocycles. The van der Waals surface area contributed by atoms with Crippen molar-refractivity contribution in [2.75, 3.05) is 19.4 Å². The molecule has 0 unspecified atom stereocenters. The van der Waals surface area contributed by atoms with Crippen LogP contribution in [-0.4, -0.2) is 44.0 Å². The zero-order chi connectivity index (χ0) is 24.9. The number of amides is 1. The number of alkyl carbamates (subject to hydrolysis) is 1. The number of methoxy groups -OCH3 is 1. The normalized spacial score (nSPS) is 16.7. The minimum absolute atomic E-state index is 0.114. The summed E-state index contributed by atoms with van der Waals surface area (Å²) in [5.74, 6) is -0.476. The number of hydrogen-bond donors (Lipinski definition) is 2. The van der Waals surface area contributed by atoms with E-state index in [2.05, 4.69) is 5.32 Å². The maximum atomic E-state index is 12.3. The third kappa shape index (κ3) is 5.98. The fraction of sp³-hybridized carbons (Fsp3) is 0.360. The summed E-state index contributed by atoms with van der Waals surface area (Å²) in [5, 5.41) is 2.76. The van der Waals surface area contributed by atoms with Gasteiger partial charge in [-0.25, -0.2) is 9.59 Å². The SMILES string of the molecule is COC(=O)c1ccc(C=C(CNC(=O)OCc2ccccc2)B2OC(C)(C)C(C)(C)O2)c(N)c1. The minimum atomic E-state index is -0.709. The van der Waals surface area contributed by atoms with Gasteiger partial charge in [0.05, 0.1) is 23.9 Å². The number of anilines is 1. The first-order chi connectivity index (χ1) is 16.0. The fourth-order valence-corrected chi connectivity index (χ4v) is 3.30. The summed E-state index contributed by atoms with van der Waals surface area (Å²) in [6, 6.07) is 14.3. The molecular weight excluding hydrogens is 435 g/mol. The van der Waals surface area contributed by atoms with Crippen LogP contribution in [0.5, 0.6) is 0 Å². The molecule has 0 bridgehead atoms. The number of carbonyl (C=O) groups excluding carboxylic acids is 2. The number of rotatable bonds is 7. The maximum absolute atomic E-state index is 12.3. The highest BCUT2D eigenvalue weighted by atomic mass is 16.7. The summed E-state index contributed by atoms with van der Waals surface area (Å²) in [6.07, 6.45) is 1.22. The Morgan fingerprint density at radius 2 is 1.71 bits per heavy atom. The molecule has 0 spiro atoms. The van der Waals surface area contributed by atoms with Gasteiger partial charge in [0, 0.05) is 12.2 Å². The van der Waals surface area contributed by atoms with Crippen LogP contribution in [0.15, 0.2) is 54.0 Å². The molecule has 2 aromatic carbocycles. The van der Waals surface area contributed by atoms with Crippen LogP contribution in [0.4, 0.5) is 10.5 Å². The molecule has 2 aromatic rings. The Labute approximate surface area is 200 Å². The molecule has 1 heterocycles. The van der Waals surface area contributed by atoms with Crippen molar-refractivity contribution in [1.82, 2.24) is 5.32 Å². The predicted octanol–water partition coefficient (Wildman–Crippen LogP) is 4.00. The Hall–Kier alpha value is -3.30. The van der Waals surface area contributed by atoms with Crippen molar-refractivity contribution in [3.8, 4) is 0 Å². The van der Waals surface area contributed by atoms with Gasteiger partial charge in [0.1, 0.15) is 6.61 Å².